The minimum Gasteiger partial charge on any atom is -0.369 e. The monoisotopic (exact) mass is 312 g/mol. The maximum atomic E-state index is 9.08. The molecule has 0 bridgehead atoms. The van der Waals surface area contributed by atoms with Crippen LogP contribution >= 0.6 is 11.3 Å². The molecular formula is C17H20N4S. The lowest BCUT2D eigenvalue weighted by atomic mass is 10.1. The Morgan fingerprint density at radius 1 is 1.41 bits per heavy atom. The second kappa shape index (κ2) is 7.39. The maximum absolute atomic E-state index is 9.08. The van der Waals surface area contributed by atoms with Gasteiger partial charge in [-0.15, -0.1) is 11.3 Å². The van der Waals surface area contributed by atoms with Crippen molar-refractivity contribution in [2.45, 2.75) is 12.8 Å². The Kier molecular flexibility index (Phi) is 5.04. The Labute approximate surface area is 135 Å². The predicted octanol–water partition coefficient (Wildman–Crippen LogP) is 2.99. The number of rotatable bonds is 6. The standard InChI is InChI=1S/C17H20N4S/c18-11-15-3-1-7-19-17(15)20-12-14-5-8-21(13-14)9-6-16-4-2-10-22-16/h1-4,7,10,14H,5-6,8-9,12-13H2,(H,19,20)/t14-/m0/s1. The molecule has 0 amide bonds. The zero-order chi connectivity index (χ0) is 15.2. The molecule has 1 N–H and O–H groups in total. The Bertz CT molecular complexity index is 632. The summed E-state index contributed by atoms with van der Waals surface area (Å²) in [5.74, 6) is 1.35. The van der Waals surface area contributed by atoms with Crippen LogP contribution in [0.4, 0.5) is 5.82 Å². The smallest absolute Gasteiger partial charge is 0.143 e. The number of thiophene rings is 1. The number of nitrogens with one attached hydrogen (secondary N) is 1. The molecule has 3 rings (SSSR count). The van der Waals surface area contributed by atoms with Gasteiger partial charge < -0.3 is 10.2 Å². The second-order valence-electron chi connectivity index (χ2n) is 5.68. The van der Waals surface area contributed by atoms with Crippen molar-refractivity contribution >= 4 is 17.2 Å². The van der Waals surface area contributed by atoms with Gasteiger partial charge in [0.25, 0.3) is 0 Å². The number of pyridine rings is 1. The van der Waals surface area contributed by atoms with E-state index < -0.39 is 0 Å². The predicted molar refractivity (Wildman–Crippen MR) is 90.0 cm³/mol. The van der Waals surface area contributed by atoms with E-state index in [9.17, 15) is 0 Å². The highest BCUT2D eigenvalue weighted by molar-refractivity contribution is 7.09. The molecule has 1 fully saturated rings. The first-order valence-corrected chi connectivity index (χ1v) is 8.57. The van der Waals surface area contributed by atoms with Crippen molar-refractivity contribution in [1.29, 1.82) is 5.26 Å². The van der Waals surface area contributed by atoms with Gasteiger partial charge in [-0.2, -0.15) is 5.26 Å². The number of nitrogens with zero attached hydrogens (tertiary/aromatic N) is 3. The van der Waals surface area contributed by atoms with Gasteiger partial charge in [-0.3, -0.25) is 0 Å². The van der Waals surface area contributed by atoms with E-state index in [1.807, 2.05) is 11.3 Å². The molecule has 1 aliphatic heterocycles. The van der Waals surface area contributed by atoms with E-state index in [0.717, 1.165) is 26.1 Å². The van der Waals surface area contributed by atoms with Crippen molar-refractivity contribution < 1.29 is 0 Å². The molecule has 0 aromatic carbocycles. The summed E-state index contributed by atoms with van der Waals surface area (Å²) >= 11 is 1.84. The molecule has 22 heavy (non-hydrogen) atoms. The quantitative estimate of drug-likeness (QED) is 0.891. The summed E-state index contributed by atoms with van der Waals surface area (Å²) in [6.07, 6.45) is 4.09. The summed E-state index contributed by atoms with van der Waals surface area (Å²) in [7, 11) is 0. The third-order valence-electron chi connectivity index (χ3n) is 4.11. The van der Waals surface area contributed by atoms with Gasteiger partial charge in [-0.05, 0) is 48.9 Å². The van der Waals surface area contributed by atoms with Crippen LogP contribution in [0.15, 0.2) is 35.8 Å². The molecule has 114 valence electrons. The average molecular weight is 312 g/mol. The highest BCUT2D eigenvalue weighted by atomic mass is 32.1. The van der Waals surface area contributed by atoms with Crippen molar-refractivity contribution in [2.24, 2.45) is 5.92 Å². The Balaban J connectivity index is 1.44. The number of hydrogen-bond donors (Lipinski definition) is 1. The zero-order valence-electron chi connectivity index (χ0n) is 12.5. The first-order chi connectivity index (χ1) is 10.8. The minimum atomic E-state index is 0.620. The fourth-order valence-electron chi connectivity index (χ4n) is 2.88. The summed E-state index contributed by atoms with van der Waals surface area (Å²) in [5.41, 5.74) is 0.620. The SMILES string of the molecule is N#Cc1cccnc1NC[C@@H]1CCN(CCc2cccs2)C1. The molecule has 0 spiro atoms. The molecule has 1 atom stereocenters. The van der Waals surface area contributed by atoms with Crippen molar-refractivity contribution in [1.82, 2.24) is 9.88 Å². The largest absolute Gasteiger partial charge is 0.369 e. The van der Waals surface area contributed by atoms with Gasteiger partial charge in [-0.1, -0.05) is 6.07 Å². The number of nitriles is 1. The summed E-state index contributed by atoms with van der Waals surface area (Å²) < 4.78 is 0. The third-order valence-corrected chi connectivity index (χ3v) is 5.05. The first kappa shape index (κ1) is 15.0. The van der Waals surface area contributed by atoms with Crippen LogP contribution in [0.2, 0.25) is 0 Å². The molecule has 2 aromatic heterocycles. The summed E-state index contributed by atoms with van der Waals surface area (Å²) in [6, 6.07) is 10.1. The number of aromatic nitrogens is 1. The summed E-state index contributed by atoms with van der Waals surface area (Å²) in [5, 5.41) is 14.6. The number of likely N-dealkylation sites (tertiary alicyclic amines) is 1. The lowest BCUT2D eigenvalue weighted by Gasteiger charge is -2.16. The number of anilines is 1. The highest BCUT2D eigenvalue weighted by Crippen LogP contribution is 2.19. The van der Waals surface area contributed by atoms with Crippen LogP contribution in [0.3, 0.4) is 0 Å². The highest BCUT2D eigenvalue weighted by Gasteiger charge is 2.22. The van der Waals surface area contributed by atoms with Gasteiger partial charge in [0.05, 0.1) is 5.56 Å². The molecule has 5 heteroatoms. The number of hydrogen-bond acceptors (Lipinski definition) is 5. The van der Waals surface area contributed by atoms with Crippen LogP contribution in [-0.4, -0.2) is 36.1 Å². The lowest BCUT2D eigenvalue weighted by molar-refractivity contribution is 0.331. The maximum Gasteiger partial charge on any atom is 0.143 e. The Morgan fingerprint density at radius 2 is 2.36 bits per heavy atom. The molecule has 0 radical (unpaired) electrons. The Morgan fingerprint density at radius 3 is 3.18 bits per heavy atom. The Hall–Kier alpha value is -1.90. The molecule has 1 aliphatic rings. The normalized spacial score (nSPS) is 18.2. The molecule has 0 aliphatic carbocycles. The van der Waals surface area contributed by atoms with E-state index >= 15 is 0 Å². The van der Waals surface area contributed by atoms with Crippen LogP contribution < -0.4 is 5.32 Å². The van der Waals surface area contributed by atoms with Crippen LogP contribution in [0, 0.1) is 17.2 Å². The zero-order valence-corrected chi connectivity index (χ0v) is 13.4. The van der Waals surface area contributed by atoms with Crippen LogP contribution in [-0.2, 0) is 6.42 Å². The second-order valence-corrected chi connectivity index (χ2v) is 6.71. The van der Waals surface area contributed by atoms with Crippen molar-refractivity contribution in [2.75, 3.05) is 31.5 Å². The van der Waals surface area contributed by atoms with E-state index in [1.54, 1.807) is 18.3 Å². The molecule has 1 saturated heterocycles. The average Bonchev–Trinajstić information content (AvgIpc) is 3.22. The molecule has 0 saturated carbocycles. The summed E-state index contributed by atoms with van der Waals surface area (Å²) in [6.45, 7) is 4.34. The molecular weight excluding hydrogens is 292 g/mol. The van der Waals surface area contributed by atoms with Gasteiger partial charge in [0, 0.05) is 30.7 Å². The topological polar surface area (TPSA) is 52.0 Å². The van der Waals surface area contributed by atoms with Crippen molar-refractivity contribution in [3.8, 4) is 6.07 Å². The fraction of sp³-hybridized carbons (Fsp3) is 0.412. The van der Waals surface area contributed by atoms with Crippen molar-refractivity contribution in [3.05, 3.63) is 46.3 Å². The van der Waals surface area contributed by atoms with Crippen LogP contribution in [0.1, 0.15) is 16.9 Å². The molecule has 4 nitrogen and oxygen atoms in total. The van der Waals surface area contributed by atoms with E-state index in [2.05, 4.69) is 38.8 Å². The van der Waals surface area contributed by atoms with E-state index in [1.165, 1.54) is 17.8 Å². The van der Waals surface area contributed by atoms with Gasteiger partial charge in [0.2, 0.25) is 0 Å². The van der Waals surface area contributed by atoms with Crippen LogP contribution in [0.5, 0.6) is 0 Å². The van der Waals surface area contributed by atoms with E-state index in [4.69, 9.17) is 5.26 Å². The first-order valence-electron chi connectivity index (χ1n) is 7.69. The minimum absolute atomic E-state index is 0.620. The molecule has 2 aromatic rings. The summed E-state index contributed by atoms with van der Waals surface area (Å²) in [4.78, 5) is 8.26. The fourth-order valence-corrected chi connectivity index (χ4v) is 3.58. The molecule has 3 heterocycles. The van der Waals surface area contributed by atoms with Gasteiger partial charge in [0.1, 0.15) is 11.9 Å². The van der Waals surface area contributed by atoms with Crippen LogP contribution in [0.25, 0.3) is 0 Å². The lowest BCUT2D eigenvalue weighted by Crippen LogP contribution is -2.25. The van der Waals surface area contributed by atoms with E-state index in [-0.39, 0.29) is 0 Å². The van der Waals surface area contributed by atoms with Gasteiger partial charge in [-0.25, -0.2) is 4.98 Å². The van der Waals surface area contributed by atoms with Crippen molar-refractivity contribution in [3.63, 3.8) is 0 Å². The van der Waals surface area contributed by atoms with E-state index in [0.29, 0.717) is 17.3 Å². The van der Waals surface area contributed by atoms with Gasteiger partial charge >= 0.3 is 0 Å². The van der Waals surface area contributed by atoms with Gasteiger partial charge in [0.15, 0.2) is 0 Å². The molecule has 0 unspecified atom stereocenters. The third kappa shape index (κ3) is 3.85.